The molecule has 0 unspecified atom stereocenters. The average Bonchev–Trinajstić information content (AvgIpc) is 3.07. The summed E-state index contributed by atoms with van der Waals surface area (Å²) in [6.45, 7) is 0. The number of nitrogens with zero attached hydrogens (tertiary/aromatic N) is 3. The van der Waals surface area contributed by atoms with Gasteiger partial charge in [-0.25, -0.2) is 14.4 Å². The van der Waals surface area contributed by atoms with E-state index in [1.807, 2.05) is 30.3 Å². The monoisotopic (exact) mass is 371 g/mol. The Kier molecular flexibility index (Phi) is 4.07. The van der Waals surface area contributed by atoms with Crippen molar-refractivity contribution in [3.8, 4) is 27.4 Å². The van der Waals surface area contributed by atoms with Gasteiger partial charge in [-0.2, -0.15) is 0 Å². The van der Waals surface area contributed by atoms with Crippen LogP contribution in [0.25, 0.3) is 31.8 Å². The zero-order chi connectivity index (χ0) is 17.4. The number of pyridine rings is 1. The van der Waals surface area contributed by atoms with Gasteiger partial charge < -0.3 is 4.74 Å². The predicted molar refractivity (Wildman–Crippen MR) is 97.6 cm³/mol. The first-order valence-electron chi connectivity index (χ1n) is 7.36. The first-order valence-corrected chi connectivity index (χ1v) is 8.56. The van der Waals surface area contributed by atoms with E-state index >= 15 is 0 Å². The minimum Gasteiger partial charge on any atom is -0.494 e. The van der Waals surface area contributed by atoms with Crippen molar-refractivity contribution in [1.82, 2.24) is 15.0 Å². The molecule has 0 bridgehead atoms. The highest BCUT2D eigenvalue weighted by molar-refractivity contribution is 7.22. The summed E-state index contributed by atoms with van der Waals surface area (Å²) in [5.74, 6) is 0.181. The third kappa shape index (κ3) is 2.83. The van der Waals surface area contributed by atoms with E-state index in [0.29, 0.717) is 10.6 Å². The Morgan fingerprint density at radius 3 is 2.88 bits per heavy atom. The fourth-order valence-corrected chi connectivity index (χ4v) is 3.99. The molecule has 3 heterocycles. The van der Waals surface area contributed by atoms with Gasteiger partial charge in [-0.15, -0.1) is 11.3 Å². The van der Waals surface area contributed by atoms with Gasteiger partial charge in [0.15, 0.2) is 5.82 Å². The van der Waals surface area contributed by atoms with Gasteiger partial charge in [-0.1, -0.05) is 18.2 Å². The van der Waals surface area contributed by atoms with Crippen molar-refractivity contribution in [3.63, 3.8) is 0 Å². The number of halogens is 2. The van der Waals surface area contributed by atoms with Gasteiger partial charge in [0.25, 0.3) is 0 Å². The molecule has 7 heteroatoms. The molecule has 0 atom stereocenters. The SMILES string of the molecule is COc1cnccc1-c1cccc2cc(-c3nc(Cl)ncc3F)sc12. The molecule has 3 aromatic heterocycles. The van der Waals surface area contributed by atoms with E-state index in [4.69, 9.17) is 16.3 Å². The molecule has 0 saturated heterocycles. The van der Waals surface area contributed by atoms with Gasteiger partial charge in [-0.3, -0.25) is 4.98 Å². The number of rotatable bonds is 3. The lowest BCUT2D eigenvalue weighted by Gasteiger charge is -2.08. The van der Waals surface area contributed by atoms with E-state index in [2.05, 4.69) is 15.0 Å². The van der Waals surface area contributed by atoms with Crippen LogP contribution in [0.3, 0.4) is 0 Å². The van der Waals surface area contributed by atoms with Gasteiger partial charge in [0.05, 0.1) is 24.4 Å². The maximum absolute atomic E-state index is 14.1. The number of methoxy groups -OCH3 is 1. The van der Waals surface area contributed by atoms with Gasteiger partial charge in [0.2, 0.25) is 5.28 Å². The van der Waals surface area contributed by atoms with E-state index in [9.17, 15) is 4.39 Å². The molecule has 0 spiro atoms. The quantitative estimate of drug-likeness (QED) is 0.463. The normalized spacial score (nSPS) is 11.0. The minimum atomic E-state index is -0.501. The molecule has 25 heavy (non-hydrogen) atoms. The molecule has 0 N–H and O–H groups in total. The van der Waals surface area contributed by atoms with Crippen LogP contribution in [0.15, 0.2) is 48.9 Å². The van der Waals surface area contributed by atoms with Crippen LogP contribution in [0.2, 0.25) is 5.28 Å². The molecule has 4 nitrogen and oxygen atoms in total. The molecule has 0 aliphatic carbocycles. The second-order valence-electron chi connectivity index (χ2n) is 5.25. The summed E-state index contributed by atoms with van der Waals surface area (Å²) in [4.78, 5) is 12.5. The largest absolute Gasteiger partial charge is 0.494 e. The lowest BCUT2D eigenvalue weighted by atomic mass is 10.0. The van der Waals surface area contributed by atoms with E-state index < -0.39 is 5.82 Å². The number of thiophene rings is 1. The minimum absolute atomic E-state index is 0.0184. The third-order valence-electron chi connectivity index (χ3n) is 3.79. The van der Waals surface area contributed by atoms with Gasteiger partial charge in [0, 0.05) is 22.0 Å². The molecule has 0 amide bonds. The lowest BCUT2D eigenvalue weighted by Crippen LogP contribution is -1.90. The van der Waals surface area contributed by atoms with Gasteiger partial charge in [0.1, 0.15) is 11.4 Å². The van der Waals surface area contributed by atoms with E-state index in [-0.39, 0.29) is 11.0 Å². The molecule has 124 valence electrons. The van der Waals surface area contributed by atoms with Gasteiger partial charge in [-0.05, 0) is 29.1 Å². The zero-order valence-electron chi connectivity index (χ0n) is 13.0. The maximum Gasteiger partial charge on any atom is 0.223 e. The Morgan fingerprint density at radius 1 is 1.16 bits per heavy atom. The standard InChI is InChI=1S/C18H11ClFN3OS/c1-24-14-9-21-6-5-11(14)12-4-2-3-10-7-15(25-17(10)12)16-13(20)8-22-18(19)23-16/h2-9H,1H3. The first kappa shape index (κ1) is 15.9. The predicted octanol–water partition coefficient (Wildman–Crippen LogP) is 5.22. The fourth-order valence-electron chi connectivity index (χ4n) is 2.68. The number of aromatic nitrogens is 3. The molecule has 1 aromatic carbocycles. The summed E-state index contributed by atoms with van der Waals surface area (Å²) in [7, 11) is 1.61. The fraction of sp³-hybridized carbons (Fsp3) is 0.0556. The van der Waals surface area contributed by atoms with Crippen molar-refractivity contribution >= 4 is 33.0 Å². The summed E-state index contributed by atoms with van der Waals surface area (Å²) >= 11 is 7.27. The van der Waals surface area contributed by atoms with Gasteiger partial charge >= 0.3 is 0 Å². The Hall–Kier alpha value is -2.57. The summed E-state index contributed by atoms with van der Waals surface area (Å²) in [6.07, 6.45) is 4.48. The molecular weight excluding hydrogens is 361 g/mol. The average molecular weight is 372 g/mol. The van der Waals surface area contributed by atoms with Crippen molar-refractivity contribution < 1.29 is 9.13 Å². The molecule has 0 aliphatic heterocycles. The Bertz CT molecular complexity index is 1080. The van der Waals surface area contributed by atoms with E-state index in [1.54, 1.807) is 19.5 Å². The van der Waals surface area contributed by atoms with Crippen LogP contribution >= 0.6 is 22.9 Å². The molecule has 4 rings (SSSR count). The van der Waals surface area contributed by atoms with E-state index in [0.717, 1.165) is 27.4 Å². The first-order chi connectivity index (χ1) is 12.2. The third-order valence-corrected chi connectivity index (χ3v) is 5.16. The lowest BCUT2D eigenvalue weighted by molar-refractivity contribution is 0.414. The number of hydrogen-bond acceptors (Lipinski definition) is 5. The van der Waals surface area contributed by atoms with Crippen LogP contribution in [-0.2, 0) is 0 Å². The molecule has 4 aromatic rings. The molecular formula is C18H11ClFN3OS. The summed E-state index contributed by atoms with van der Waals surface area (Å²) in [5.41, 5.74) is 2.13. The topological polar surface area (TPSA) is 47.9 Å². The van der Waals surface area contributed by atoms with Crippen LogP contribution in [0.1, 0.15) is 0 Å². The highest BCUT2D eigenvalue weighted by atomic mass is 35.5. The molecule has 0 radical (unpaired) electrons. The van der Waals surface area contributed by atoms with Crippen LogP contribution in [0.4, 0.5) is 4.39 Å². The van der Waals surface area contributed by atoms with Crippen LogP contribution in [0.5, 0.6) is 5.75 Å². The number of fused-ring (bicyclic) bond motifs is 1. The summed E-state index contributed by atoms with van der Waals surface area (Å²) < 4.78 is 20.6. The van der Waals surface area contributed by atoms with Crippen molar-refractivity contribution in [2.45, 2.75) is 0 Å². The molecule has 0 saturated carbocycles. The summed E-state index contributed by atoms with van der Waals surface area (Å²) in [6, 6.07) is 9.74. The molecule has 0 aliphatic rings. The van der Waals surface area contributed by atoms with Crippen molar-refractivity contribution in [2.24, 2.45) is 0 Å². The van der Waals surface area contributed by atoms with Crippen molar-refractivity contribution in [3.05, 3.63) is 60.0 Å². The Labute approximate surface area is 151 Å². The number of benzene rings is 1. The molecule has 0 fully saturated rings. The van der Waals surface area contributed by atoms with E-state index in [1.165, 1.54) is 11.3 Å². The summed E-state index contributed by atoms with van der Waals surface area (Å²) in [5, 5.41) is 1.01. The van der Waals surface area contributed by atoms with Crippen molar-refractivity contribution in [2.75, 3.05) is 7.11 Å². The zero-order valence-corrected chi connectivity index (χ0v) is 14.6. The highest BCUT2D eigenvalue weighted by Crippen LogP contribution is 2.41. The number of ether oxygens (including phenoxy) is 1. The Morgan fingerprint density at radius 2 is 2.04 bits per heavy atom. The van der Waals surface area contributed by atoms with Crippen molar-refractivity contribution in [1.29, 1.82) is 0 Å². The highest BCUT2D eigenvalue weighted by Gasteiger charge is 2.16. The van der Waals surface area contributed by atoms with Crippen LogP contribution in [0, 0.1) is 5.82 Å². The second-order valence-corrected chi connectivity index (χ2v) is 6.64. The van der Waals surface area contributed by atoms with Crippen LogP contribution < -0.4 is 4.74 Å². The smallest absolute Gasteiger partial charge is 0.223 e. The Balaban J connectivity index is 1.94. The maximum atomic E-state index is 14.1. The number of hydrogen-bond donors (Lipinski definition) is 0. The van der Waals surface area contributed by atoms with Crippen LogP contribution in [-0.4, -0.2) is 22.1 Å². The second kappa shape index (κ2) is 6.38.